The van der Waals surface area contributed by atoms with Gasteiger partial charge in [-0.05, 0) is 35.2 Å². The second kappa shape index (κ2) is 10.5. The Hall–Kier alpha value is -3.33. The highest BCUT2D eigenvalue weighted by Gasteiger charge is 2.21. The lowest BCUT2D eigenvalue weighted by molar-refractivity contribution is -0.129. The van der Waals surface area contributed by atoms with Crippen molar-refractivity contribution in [1.29, 1.82) is 0 Å². The van der Waals surface area contributed by atoms with Crippen LogP contribution >= 0.6 is 11.8 Å². The number of thioether (sulfide) groups is 1. The lowest BCUT2D eigenvalue weighted by Gasteiger charge is -2.28. The number of hydrogen-bond acceptors (Lipinski definition) is 6. The third kappa shape index (κ3) is 5.73. The van der Waals surface area contributed by atoms with E-state index >= 15 is 0 Å². The monoisotopic (exact) mass is 465 g/mol. The van der Waals surface area contributed by atoms with Crippen LogP contribution in [-0.2, 0) is 42.6 Å². The van der Waals surface area contributed by atoms with Gasteiger partial charge in [0, 0.05) is 20.1 Å². The smallest absolute Gasteiger partial charge is 0.233 e. The average molecular weight is 466 g/mol. The van der Waals surface area contributed by atoms with Crippen LogP contribution in [0.5, 0.6) is 5.75 Å². The molecule has 2 heterocycles. The number of benzene rings is 2. The molecule has 0 bridgehead atoms. The summed E-state index contributed by atoms with van der Waals surface area (Å²) in [5.41, 5.74) is 3.44. The van der Waals surface area contributed by atoms with Crippen molar-refractivity contribution in [3.63, 3.8) is 0 Å². The maximum Gasteiger partial charge on any atom is 0.233 e. The van der Waals surface area contributed by atoms with E-state index in [2.05, 4.69) is 27.6 Å². The number of carbonyl (C=O) groups excluding carboxylic acids is 2. The van der Waals surface area contributed by atoms with Crippen LogP contribution in [0.1, 0.15) is 22.5 Å². The van der Waals surface area contributed by atoms with Gasteiger partial charge in [0.15, 0.2) is 11.0 Å². The summed E-state index contributed by atoms with van der Waals surface area (Å²) in [6.45, 7) is 1.66. The third-order valence-corrected chi connectivity index (χ3v) is 6.71. The molecule has 172 valence electrons. The van der Waals surface area contributed by atoms with Crippen LogP contribution in [0, 0.1) is 0 Å². The van der Waals surface area contributed by atoms with Crippen LogP contribution in [0.3, 0.4) is 0 Å². The van der Waals surface area contributed by atoms with Crippen molar-refractivity contribution in [3.05, 3.63) is 71.0 Å². The number of fused-ring (bicyclic) bond motifs is 1. The number of amides is 2. The molecule has 1 aromatic heterocycles. The molecule has 0 unspecified atom stereocenters. The number of carbonyl (C=O) groups is 2. The highest BCUT2D eigenvalue weighted by Crippen LogP contribution is 2.21. The highest BCUT2D eigenvalue weighted by atomic mass is 32.2. The molecule has 0 spiro atoms. The van der Waals surface area contributed by atoms with Gasteiger partial charge < -0.3 is 19.5 Å². The van der Waals surface area contributed by atoms with Gasteiger partial charge in [-0.15, -0.1) is 10.2 Å². The van der Waals surface area contributed by atoms with Crippen molar-refractivity contribution in [1.82, 2.24) is 25.0 Å². The Kier molecular flexibility index (Phi) is 7.29. The van der Waals surface area contributed by atoms with Crippen LogP contribution in [0.25, 0.3) is 0 Å². The molecule has 4 rings (SSSR count). The normalized spacial score (nSPS) is 12.8. The Balaban J connectivity index is 1.25. The van der Waals surface area contributed by atoms with Gasteiger partial charge >= 0.3 is 0 Å². The van der Waals surface area contributed by atoms with Gasteiger partial charge in [0.05, 0.1) is 25.8 Å². The molecule has 0 saturated carbocycles. The molecule has 2 aromatic carbocycles. The Bertz CT molecular complexity index is 1130. The molecule has 1 aliphatic heterocycles. The number of aromatic nitrogens is 3. The lowest BCUT2D eigenvalue weighted by Crippen LogP contribution is -2.37. The van der Waals surface area contributed by atoms with E-state index in [9.17, 15) is 9.59 Å². The van der Waals surface area contributed by atoms with Crippen molar-refractivity contribution in [2.75, 3.05) is 19.4 Å². The molecule has 33 heavy (non-hydrogen) atoms. The summed E-state index contributed by atoms with van der Waals surface area (Å²) in [6.07, 6.45) is 1.16. The topological polar surface area (TPSA) is 89.3 Å². The van der Waals surface area contributed by atoms with Crippen molar-refractivity contribution in [2.24, 2.45) is 7.05 Å². The van der Waals surface area contributed by atoms with Crippen LogP contribution < -0.4 is 10.1 Å². The minimum Gasteiger partial charge on any atom is -0.497 e. The van der Waals surface area contributed by atoms with Gasteiger partial charge in [-0.2, -0.15) is 0 Å². The first-order valence-corrected chi connectivity index (χ1v) is 11.8. The van der Waals surface area contributed by atoms with E-state index in [-0.39, 0.29) is 24.8 Å². The fourth-order valence-corrected chi connectivity index (χ4v) is 4.55. The van der Waals surface area contributed by atoms with E-state index in [1.54, 1.807) is 7.11 Å². The first-order valence-electron chi connectivity index (χ1n) is 10.8. The Labute approximate surface area is 197 Å². The van der Waals surface area contributed by atoms with Crippen LogP contribution in [0.4, 0.5) is 0 Å². The van der Waals surface area contributed by atoms with Gasteiger partial charge in [-0.25, -0.2) is 0 Å². The summed E-state index contributed by atoms with van der Waals surface area (Å²) < 4.78 is 6.95. The fraction of sp³-hybridized carbons (Fsp3) is 0.333. The maximum atomic E-state index is 12.7. The van der Waals surface area contributed by atoms with Gasteiger partial charge in [-0.3, -0.25) is 9.59 Å². The summed E-state index contributed by atoms with van der Waals surface area (Å²) in [7, 11) is 3.45. The van der Waals surface area contributed by atoms with E-state index < -0.39 is 0 Å². The molecule has 3 aromatic rings. The Morgan fingerprint density at radius 2 is 1.85 bits per heavy atom. The summed E-state index contributed by atoms with van der Waals surface area (Å²) in [4.78, 5) is 26.9. The van der Waals surface area contributed by atoms with E-state index in [1.165, 1.54) is 22.9 Å². The van der Waals surface area contributed by atoms with Gasteiger partial charge in [-0.1, -0.05) is 48.2 Å². The number of nitrogens with zero attached hydrogens (tertiary/aromatic N) is 4. The van der Waals surface area contributed by atoms with Crippen LogP contribution in [0.2, 0.25) is 0 Å². The molecule has 0 fully saturated rings. The number of hydrogen-bond donors (Lipinski definition) is 1. The molecular formula is C24H27N5O3S. The fourth-order valence-electron chi connectivity index (χ4n) is 3.72. The number of nitrogens with one attached hydrogen (secondary N) is 1. The lowest BCUT2D eigenvalue weighted by atomic mass is 10.00. The molecule has 0 saturated heterocycles. The SMILES string of the molecule is COc1ccc(CC(=O)NCc2nnc(SCC(=O)N3CCc4ccccc4C3)n2C)cc1. The van der Waals surface area contributed by atoms with Crippen LogP contribution in [-0.4, -0.2) is 50.9 Å². The second-order valence-electron chi connectivity index (χ2n) is 7.88. The first-order chi connectivity index (χ1) is 16.0. The van der Waals surface area contributed by atoms with Crippen molar-refractivity contribution in [2.45, 2.75) is 31.1 Å². The maximum absolute atomic E-state index is 12.7. The Morgan fingerprint density at radius 1 is 1.09 bits per heavy atom. The average Bonchev–Trinajstić information content (AvgIpc) is 3.20. The minimum absolute atomic E-state index is 0.0897. The zero-order valence-corrected chi connectivity index (χ0v) is 19.6. The molecular weight excluding hydrogens is 438 g/mol. The zero-order chi connectivity index (χ0) is 23.2. The van der Waals surface area contributed by atoms with Gasteiger partial charge in [0.25, 0.3) is 0 Å². The molecule has 9 heteroatoms. The van der Waals surface area contributed by atoms with Crippen molar-refractivity contribution >= 4 is 23.6 Å². The Morgan fingerprint density at radius 3 is 2.61 bits per heavy atom. The molecule has 0 radical (unpaired) electrons. The third-order valence-electron chi connectivity index (χ3n) is 5.70. The minimum atomic E-state index is -0.0991. The van der Waals surface area contributed by atoms with Crippen molar-refractivity contribution in [3.8, 4) is 5.75 Å². The summed E-state index contributed by atoms with van der Waals surface area (Å²) in [6, 6.07) is 15.7. The zero-order valence-electron chi connectivity index (χ0n) is 18.8. The van der Waals surface area contributed by atoms with E-state index in [4.69, 9.17) is 4.74 Å². The van der Waals surface area contributed by atoms with Gasteiger partial charge in [0.1, 0.15) is 5.75 Å². The molecule has 1 N–H and O–H groups in total. The first kappa shape index (κ1) is 22.8. The predicted octanol–water partition coefficient (Wildman–Crippen LogP) is 2.36. The quantitative estimate of drug-likeness (QED) is 0.514. The predicted molar refractivity (Wildman–Crippen MR) is 126 cm³/mol. The van der Waals surface area contributed by atoms with E-state index in [0.717, 1.165) is 24.3 Å². The molecule has 0 atom stereocenters. The summed E-state index contributed by atoms with van der Waals surface area (Å²) in [5.74, 6) is 1.69. The van der Waals surface area contributed by atoms with E-state index in [0.29, 0.717) is 23.3 Å². The molecule has 2 amide bonds. The standard InChI is InChI=1S/C24H27N5O3S/c1-28-21(14-25-22(30)13-17-7-9-20(32-2)10-8-17)26-27-24(28)33-16-23(31)29-12-11-18-5-3-4-6-19(18)15-29/h3-10H,11-16H2,1-2H3,(H,25,30). The molecule has 8 nitrogen and oxygen atoms in total. The summed E-state index contributed by atoms with van der Waals surface area (Å²) >= 11 is 1.36. The number of methoxy groups -OCH3 is 1. The molecule has 0 aliphatic carbocycles. The summed E-state index contributed by atoms with van der Waals surface area (Å²) in [5, 5.41) is 11.9. The van der Waals surface area contributed by atoms with E-state index in [1.807, 2.05) is 52.9 Å². The molecule has 1 aliphatic rings. The van der Waals surface area contributed by atoms with Crippen LogP contribution in [0.15, 0.2) is 53.7 Å². The highest BCUT2D eigenvalue weighted by molar-refractivity contribution is 7.99. The van der Waals surface area contributed by atoms with Crippen molar-refractivity contribution < 1.29 is 14.3 Å². The number of rotatable bonds is 8. The number of ether oxygens (including phenoxy) is 1. The second-order valence-corrected chi connectivity index (χ2v) is 8.82. The largest absolute Gasteiger partial charge is 0.497 e. The van der Waals surface area contributed by atoms with Gasteiger partial charge in [0.2, 0.25) is 11.8 Å².